The van der Waals surface area contributed by atoms with E-state index >= 15 is 0 Å². The lowest BCUT2D eigenvalue weighted by atomic mass is 10.3. The van der Waals surface area contributed by atoms with Crippen molar-refractivity contribution >= 4 is 29.8 Å². The number of nitrogens with zero attached hydrogens (tertiary/aromatic N) is 5. The van der Waals surface area contributed by atoms with Crippen molar-refractivity contribution in [1.82, 2.24) is 25.5 Å². The minimum Gasteiger partial charge on any atom is -0.395 e. The topological polar surface area (TPSA) is 114 Å². The van der Waals surface area contributed by atoms with E-state index in [-0.39, 0.29) is 12.3 Å². The van der Waals surface area contributed by atoms with Gasteiger partial charge in [0.1, 0.15) is 11.5 Å². The van der Waals surface area contributed by atoms with Crippen LogP contribution in [0.25, 0.3) is 6.08 Å². The van der Waals surface area contributed by atoms with E-state index in [1.807, 2.05) is 19.0 Å². The Kier molecular flexibility index (Phi) is 7.70. The van der Waals surface area contributed by atoms with Crippen molar-refractivity contribution in [1.29, 1.82) is 0 Å². The van der Waals surface area contributed by atoms with Gasteiger partial charge in [0.25, 0.3) is 5.91 Å². The Labute approximate surface area is 165 Å². The zero-order valence-corrected chi connectivity index (χ0v) is 16.9. The number of rotatable bonds is 10. The highest BCUT2D eigenvalue weighted by Gasteiger charge is 2.23. The molecule has 1 saturated heterocycles. The van der Waals surface area contributed by atoms with Crippen molar-refractivity contribution in [3.05, 3.63) is 17.5 Å². The molecule has 2 heterocycles. The van der Waals surface area contributed by atoms with Gasteiger partial charge in [-0.25, -0.2) is 9.78 Å². The molecule has 0 unspecified atom stereocenters. The number of aromatic nitrogens is 2. The molecular weight excluding hydrogens is 362 g/mol. The van der Waals surface area contributed by atoms with E-state index in [4.69, 9.17) is 0 Å². The van der Waals surface area contributed by atoms with Crippen LogP contribution in [0.3, 0.4) is 0 Å². The van der Waals surface area contributed by atoms with Gasteiger partial charge < -0.3 is 25.1 Å². The molecule has 3 N–H and O–H groups in total. The van der Waals surface area contributed by atoms with Crippen LogP contribution in [0.4, 0.5) is 16.6 Å². The summed E-state index contributed by atoms with van der Waals surface area (Å²) in [6.45, 7) is 8.19. The summed E-state index contributed by atoms with van der Waals surface area (Å²) in [5.41, 5.74) is 0.628. The third-order valence-electron chi connectivity index (χ3n) is 4.55. The highest BCUT2D eigenvalue weighted by atomic mass is 16.3. The van der Waals surface area contributed by atoms with Crippen molar-refractivity contribution in [2.24, 2.45) is 0 Å². The highest BCUT2D eigenvalue weighted by Crippen LogP contribution is 2.18. The van der Waals surface area contributed by atoms with Gasteiger partial charge in [-0.1, -0.05) is 13.8 Å². The standard InChI is InChI=1S/C18H29N7O3/c1-5-25(6-2)8-7-24(4)17-19-13(11-14-16(27)22-18(28)20-14)12-15(21-17)23(3)9-10-26/h11-12,26H,5-10H2,1-4H3,(H2,20,22,27,28)/b14-11-. The predicted molar refractivity (Wildman–Crippen MR) is 108 cm³/mol. The summed E-state index contributed by atoms with van der Waals surface area (Å²) in [6.07, 6.45) is 1.51. The number of carbonyl (C=O) groups is 2. The van der Waals surface area contributed by atoms with E-state index < -0.39 is 11.9 Å². The van der Waals surface area contributed by atoms with Gasteiger partial charge in [0.15, 0.2) is 0 Å². The summed E-state index contributed by atoms with van der Waals surface area (Å²) in [4.78, 5) is 38.3. The van der Waals surface area contributed by atoms with Gasteiger partial charge in [0, 0.05) is 39.8 Å². The van der Waals surface area contributed by atoms with Crippen LogP contribution in [-0.2, 0) is 4.79 Å². The summed E-state index contributed by atoms with van der Waals surface area (Å²) in [6, 6.07) is 1.15. The molecule has 0 aliphatic carbocycles. The van der Waals surface area contributed by atoms with Gasteiger partial charge in [-0.3, -0.25) is 10.1 Å². The normalized spacial score (nSPS) is 15.1. The third kappa shape index (κ3) is 5.64. The van der Waals surface area contributed by atoms with Crippen LogP contribution in [0.15, 0.2) is 11.8 Å². The lowest BCUT2D eigenvalue weighted by Gasteiger charge is -2.25. The van der Waals surface area contributed by atoms with Gasteiger partial charge >= 0.3 is 6.03 Å². The molecule has 0 atom stereocenters. The number of imide groups is 1. The van der Waals surface area contributed by atoms with Gasteiger partial charge in [-0.15, -0.1) is 0 Å². The van der Waals surface area contributed by atoms with E-state index in [2.05, 4.69) is 39.3 Å². The van der Waals surface area contributed by atoms with Crippen molar-refractivity contribution in [3.8, 4) is 0 Å². The molecule has 1 aliphatic heterocycles. The minimum absolute atomic E-state index is 0.0114. The second-order valence-electron chi connectivity index (χ2n) is 6.51. The molecule has 10 heteroatoms. The quantitative estimate of drug-likeness (QED) is 0.373. The fourth-order valence-electron chi connectivity index (χ4n) is 2.71. The molecule has 1 aliphatic rings. The van der Waals surface area contributed by atoms with Gasteiger partial charge in [-0.05, 0) is 19.2 Å². The number of urea groups is 1. The van der Waals surface area contributed by atoms with E-state index in [0.29, 0.717) is 24.0 Å². The summed E-state index contributed by atoms with van der Waals surface area (Å²) in [5, 5.41) is 13.9. The van der Waals surface area contributed by atoms with Crippen LogP contribution in [0.2, 0.25) is 0 Å². The first kappa shape index (κ1) is 21.6. The van der Waals surface area contributed by atoms with Crippen molar-refractivity contribution < 1.29 is 14.7 Å². The maximum Gasteiger partial charge on any atom is 0.326 e. The molecule has 0 bridgehead atoms. The number of likely N-dealkylation sites (N-methyl/N-ethyl adjacent to an activating group) is 3. The van der Waals surface area contributed by atoms with Crippen molar-refractivity contribution in [3.63, 3.8) is 0 Å². The molecule has 0 saturated carbocycles. The molecular formula is C18H29N7O3. The molecule has 0 spiro atoms. The fourth-order valence-corrected chi connectivity index (χ4v) is 2.71. The van der Waals surface area contributed by atoms with Gasteiger partial charge in [-0.2, -0.15) is 4.98 Å². The molecule has 1 aromatic heterocycles. The summed E-state index contributed by atoms with van der Waals surface area (Å²) in [7, 11) is 3.73. The fraction of sp³-hybridized carbons (Fsp3) is 0.556. The van der Waals surface area contributed by atoms with E-state index in [1.54, 1.807) is 11.0 Å². The number of nitrogens with one attached hydrogen (secondary N) is 2. The number of hydrogen-bond donors (Lipinski definition) is 3. The second-order valence-corrected chi connectivity index (χ2v) is 6.51. The first-order valence-corrected chi connectivity index (χ1v) is 9.36. The zero-order chi connectivity index (χ0) is 20.7. The number of aliphatic hydroxyl groups is 1. The summed E-state index contributed by atoms with van der Waals surface area (Å²) >= 11 is 0. The number of aliphatic hydroxyl groups excluding tert-OH is 1. The van der Waals surface area contributed by atoms with Crippen molar-refractivity contribution in [2.75, 3.05) is 63.2 Å². The molecule has 1 fully saturated rings. The molecule has 154 valence electrons. The summed E-state index contributed by atoms with van der Waals surface area (Å²) in [5.74, 6) is 0.627. The molecule has 2 rings (SSSR count). The Hall–Kier alpha value is -2.72. The van der Waals surface area contributed by atoms with Crippen molar-refractivity contribution in [2.45, 2.75) is 13.8 Å². The smallest absolute Gasteiger partial charge is 0.326 e. The van der Waals surface area contributed by atoms with Gasteiger partial charge in [0.05, 0.1) is 12.3 Å². The first-order chi connectivity index (χ1) is 13.4. The Morgan fingerprint density at radius 1 is 1.04 bits per heavy atom. The van der Waals surface area contributed by atoms with E-state index in [0.717, 1.165) is 26.2 Å². The Balaban J connectivity index is 2.30. The van der Waals surface area contributed by atoms with Crippen LogP contribution in [0.1, 0.15) is 19.5 Å². The third-order valence-corrected chi connectivity index (χ3v) is 4.55. The predicted octanol–water partition coefficient (Wildman–Crippen LogP) is -0.137. The van der Waals surface area contributed by atoms with Crippen LogP contribution < -0.4 is 20.4 Å². The SMILES string of the molecule is CCN(CC)CCN(C)c1nc(/C=C2\NC(=O)NC2=O)cc(N(C)CCO)n1. The van der Waals surface area contributed by atoms with Gasteiger partial charge in [0.2, 0.25) is 5.95 Å². The first-order valence-electron chi connectivity index (χ1n) is 9.36. The Morgan fingerprint density at radius 2 is 1.75 bits per heavy atom. The molecule has 3 amide bonds. The average molecular weight is 391 g/mol. The van der Waals surface area contributed by atoms with E-state index in [9.17, 15) is 14.7 Å². The van der Waals surface area contributed by atoms with Crippen LogP contribution in [0, 0.1) is 0 Å². The Bertz CT molecular complexity index is 734. The number of anilines is 2. The monoisotopic (exact) mass is 391 g/mol. The minimum atomic E-state index is -0.556. The lowest BCUT2D eigenvalue weighted by Crippen LogP contribution is -2.34. The number of hydrogen-bond acceptors (Lipinski definition) is 8. The Morgan fingerprint density at radius 3 is 2.32 bits per heavy atom. The van der Waals surface area contributed by atoms with Crippen LogP contribution >= 0.6 is 0 Å². The molecule has 28 heavy (non-hydrogen) atoms. The average Bonchev–Trinajstić information content (AvgIpc) is 2.99. The number of carbonyl (C=O) groups excluding carboxylic acids is 2. The molecule has 0 radical (unpaired) electrons. The summed E-state index contributed by atoms with van der Waals surface area (Å²) < 4.78 is 0. The largest absolute Gasteiger partial charge is 0.395 e. The second kappa shape index (κ2) is 10.00. The lowest BCUT2D eigenvalue weighted by molar-refractivity contribution is -0.115. The van der Waals surface area contributed by atoms with Crippen LogP contribution in [0.5, 0.6) is 0 Å². The molecule has 10 nitrogen and oxygen atoms in total. The molecule has 0 aromatic carbocycles. The highest BCUT2D eigenvalue weighted by molar-refractivity contribution is 6.13. The maximum absolute atomic E-state index is 11.8. The van der Waals surface area contributed by atoms with Crippen LogP contribution in [-0.4, -0.2) is 85.3 Å². The zero-order valence-electron chi connectivity index (χ0n) is 16.9. The maximum atomic E-state index is 11.8. The molecule has 1 aromatic rings. The van der Waals surface area contributed by atoms with E-state index in [1.165, 1.54) is 6.08 Å². The number of amides is 3.